The second-order valence-electron chi connectivity index (χ2n) is 3.32. The Kier molecular flexibility index (Phi) is 5.48. The van der Waals surface area contributed by atoms with E-state index in [1.54, 1.807) is 12.4 Å². The molecule has 1 aliphatic rings. The summed E-state index contributed by atoms with van der Waals surface area (Å²) in [6, 6.07) is 5.72. The molecule has 0 unspecified atom stereocenters. The van der Waals surface area contributed by atoms with Crippen molar-refractivity contribution in [3.05, 3.63) is 42.4 Å². The summed E-state index contributed by atoms with van der Waals surface area (Å²) in [7, 11) is 0. The molecule has 0 fully saturated rings. The van der Waals surface area contributed by atoms with Crippen LogP contribution in [0.25, 0.3) is 0 Å². The third-order valence-electron chi connectivity index (χ3n) is 2.08. The summed E-state index contributed by atoms with van der Waals surface area (Å²) >= 11 is 0. The van der Waals surface area contributed by atoms with Gasteiger partial charge in [0, 0.05) is 18.8 Å². The van der Waals surface area contributed by atoms with Gasteiger partial charge in [-0.05, 0) is 37.5 Å². The zero-order valence-electron chi connectivity index (χ0n) is 8.39. The quantitative estimate of drug-likeness (QED) is 0.681. The number of hydrogen-bond acceptors (Lipinski definition) is 2. The first-order valence-corrected chi connectivity index (χ1v) is 5.12. The number of rotatable bonds is 0. The summed E-state index contributed by atoms with van der Waals surface area (Å²) in [6.07, 6.45) is 11.1. The smallest absolute Gasteiger partial charge is 0.0882 e. The van der Waals surface area contributed by atoms with Gasteiger partial charge in [0.05, 0.1) is 5.76 Å². The van der Waals surface area contributed by atoms with Gasteiger partial charge in [0.2, 0.25) is 0 Å². The number of aromatic nitrogens is 1. The molecule has 1 aromatic heterocycles. The SMILES string of the molecule is OC1=CCCCCC1.c1ccncc1. The number of nitrogens with zero attached hydrogens (tertiary/aromatic N) is 1. The first-order valence-electron chi connectivity index (χ1n) is 5.12. The van der Waals surface area contributed by atoms with Crippen LogP contribution in [0.5, 0.6) is 0 Å². The molecule has 2 heteroatoms. The molecule has 1 N–H and O–H groups in total. The number of aliphatic hydroxyl groups excluding tert-OH is 1. The Morgan fingerprint density at radius 1 is 1.00 bits per heavy atom. The molecule has 0 saturated heterocycles. The fourth-order valence-corrected chi connectivity index (χ4v) is 1.31. The van der Waals surface area contributed by atoms with Gasteiger partial charge in [-0.25, -0.2) is 0 Å². The minimum Gasteiger partial charge on any atom is -0.513 e. The van der Waals surface area contributed by atoms with Gasteiger partial charge in [-0.15, -0.1) is 0 Å². The van der Waals surface area contributed by atoms with E-state index in [-0.39, 0.29) is 0 Å². The molecule has 14 heavy (non-hydrogen) atoms. The largest absolute Gasteiger partial charge is 0.513 e. The standard InChI is InChI=1S/C7H12O.C5H5N/c8-7-5-3-1-2-4-6-7;1-2-4-6-5-3-1/h5,8H,1-4,6H2;1-5H. The third kappa shape index (κ3) is 5.36. The Morgan fingerprint density at radius 3 is 2.36 bits per heavy atom. The van der Waals surface area contributed by atoms with Gasteiger partial charge in [0.15, 0.2) is 0 Å². The molecule has 1 aliphatic carbocycles. The fraction of sp³-hybridized carbons (Fsp3) is 0.417. The van der Waals surface area contributed by atoms with Gasteiger partial charge in [0.1, 0.15) is 0 Å². The molecule has 0 amide bonds. The average molecular weight is 191 g/mol. The van der Waals surface area contributed by atoms with Crippen molar-refractivity contribution in [2.75, 3.05) is 0 Å². The van der Waals surface area contributed by atoms with Gasteiger partial charge in [0.25, 0.3) is 0 Å². The molecule has 0 aliphatic heterocycles. The Hall–Kier alpha value is -1.31. The highest BCUT2D eigenvalue weighted by atomic mass is 16.3. The van der Waals surface area contributed by atoms with Crippen LogP contribution < -0.4 is 0 Å². The molecule has 76 valence electrons. The Labute approximate surface area is 85.3 Å². The maximum absolute atomic E-state index is 8.95. The molecule has 2 nitrogen and oxygen atoms in total. The lowest BCUT2D eigenvalue weighted by Gasteiger charge is -1.90. The lowest BCUT2D eigenvalue weighted by molar-refractivity contribution is 0.385. The summed E-state index contributed by atoms with van der Waals surface area (Å²) in [5, 5.41) is 8.95. The molecule has 0 atom stereocenters. The predicted molar refractivity (Wildman–Crippen MR) is 58.0 cm³/mol. The van der Waals surface area contributed by atoms with Crippen LogP contribution in [-0.4, -0.2) is 10.1 Å². The molecule has 0 bridgehead atoms. The van der Waals surface area contributed by atoms with E-state index in [1.807, 2.05) is 24.3 Å². The summed E-state index contributed by atoms with van der Waals surface area (Å²) in [6.45, 7) is 0. The summed E-state index contributed by atoms with van der Waals surface area (Å²) in [5.74, 6) is 0.600. The lowest BCUT2D eigenvalue weighted by atomic mass is 10.2. The van der Waals surface area contributed by atoms with E-state index in [0.29, 0.717) is 5.76 Å². The third-order valence-corrected chi connectivity index (χ3v) is 2.08. The van der Waals surface area contributed by atoms with Crippen molar-refractivity contribution in [1.82, 2.24) is 4.98 Å². The second-order valence-corrected chi connectivity index (χ2v) is 3.32. The van der Waals surface area contributed by atoms with Crippen LogP contribution in [-0.2, 0) is 0 Å². The zero-order valence-corrected chi connectivity index (χ0v) is 8.39. The molecule has 1 aromatic rings. The van der Waals surface area contributed by atoms with Crippen molar-refractivity contribution in [1.29, 1.82) is 0 Å². The van der Waals surface area contributed by atoms with Gasteiger partial charge in [-0.3, -0.25) is 4.98 Å². The van der Waals surface area contributed by atoms with E-state index >= 15 is 0 Å². The molecule has 2 rings (SSSR count). The molecule has 0 spiro atoms. The van der Waals surface area contributed by atoms with E-state index < -0.39 is 0 Å². The van der Waals surface area contributed by atoms with Crippen LogP contribution in [0.3, 0.4) is 0 Å². The summed E-state index contributed by atoms with van der Waals surface area (Å²) < 4.78 is 0. The Morgan fingerprint density at radius 2 is 1.79 bits per heavy atom. The maximum atomic E-state index is 8.95. The van der Waals surface area contributed by atoms with Gasteiger partial charge >= 0.3 is 0 Å². The number of allylic oxidation sites excluding steroid dienone is 2. The van der Waals surface area contributed by atoms with Crippen LogP contribution in [0, 0.1) is 0 Å². The second kappa shape index (κ2) is 7.13. The van der Waals surface area contributed by atoms with Crippen LogP contribution in [0.1, 0.15) is 32.1 Å². The Balaban J connectivity index is 0.000000146. The highest BCUT2D eigenvalue weighted by Crippen LogP contribution is 2.13. The van der Waals surface area contributed by atoms with Gasteiger partial charge in [-0.2, -0.15) is 0 Å². The maximum Gasteiger partial charge on any atom is 0.0882 e. The fourth-order valence-electron chi connectivity index (χ4n) is 1.31. The van der Waals surface area contributed by atoms with Crippen molar-refractivity contribution >= 4 is 0 Å². The van der Waals surface area contributed by atoms with Gasteiger partial charge < -0.3 is 5.11 Å². The Bertz CT molecular complexity index is 230. The average Bonchev–Trinajstić information content (AvgIpc) is 2.49. The van der Waals surface area contributed by atoms with Crippen LogP contribution in [0.2, 0.25) is 0 Å². The topological polar surface area (TPSA) is 33.1 Å². The van der Waals surface area contributed by atoms with Crippen LogP contribution >= 0.6 is 0 Å². The number of aliphatic hydroxyl groups is 1. The minimum absolute atomic E-state index is 0.600. The van der Waals surface area contributed by atoms with Crippen molar-refractivity contribution in [2.45, 2.75) is 32.1 Å². The van der Waals surface area contributed by atoms with Crippen molar-refractivity contribution in [3.8, 4) is 0 Å². The molecule has 0 saturated carbocycles. The predicted octanol–water partition coefficient (Wildman–Crippen LogP) is 3.47. The molecular formula is C12H17NO. The molecule has 0 radical (unpaired) electrons. The first-order chi connectivity index (χ1) is 6.89. The van der Waals surface area contributed by atoms with E-state index in [0.717, 1.165) is 12.8 Å². The highest BCUT2D eigenvalue weighted by Gasteiger charge is 1.97. The zero-order chi connectivity index (χ0) is 10.1. The van der Waals surface area contributed by atoms with E-state index in [9.17, 15) is 0 Å². The summed E-state index contributed by atoms with van der Waals surface area (Å²) in [4.78, 5) is 3.78. The van der Waals surface area contributed by atoms with E-state index in [2.05, 4.69) is 4.98 Å². The van der Waals surface area contributed by atoms with Crippen molar-refractivity contribution in [2.24, 2.45) is 0 Å². The molecule has 1 heterocycles. The van der Waals surface area contributed by atoms with Gasteiger partial charge in [-0.1, -0.05) is 12.5 Å². The van der Waals surface area contributed by atoms with E-state index in [1.165, 1.54) is 19.3 Å². The summed E-state index contributed by atoms with van der Waals surface area (Å²) in [5.41, 5.74) is 0. The van der Waals surface area contributed by atoms with Crippen LogP contribution in [0.15, 0.2) is 42.4 Å². The van der Waals surface area contributed by atoms with Crippen LogP contribution in [0.4, 0.5) is 0 Å². The monoisotopic (exact) mass is 191 g/mol. The van der Waals surface area contributed by atoms with Crippen molar-refractivity contribution in [3.63, 3.8) is 0 Å². The first kappa shape index (κ1) is 10.8. The molecule has 0 aromatic carbocycles. The normalized spacial score (nSPS) is 15.9. The minimum atomic E-state index is 0.600. The van der Waals surface area contributed by atoms with Crippen molar-refractivity contribution < 1.29 is 5.11 Å². The lowest BCUT2D eigenvalue weighted by Crippen LogP contribution is -1.75. The highest BCUT2D eigenvalue weighted by molar-refractivity contribution is 4.92. The van der Waals surface area contributed by atoms with E-state index in [4.69, 9.17) is 5.11 Å². The number of pyridine rings is 1. The molecular weight excluding hydrogens is 174 g/mol. The number of hydrogen-bond donors (Lipinski definition) is 1.